The highest BCUT2D eigenvalue weighted by molar-refractivity contribution is 5.95. The highest BCUT2D eigenvalue weighted by atomic mass is 16.5. The van der Waals surface area contributed by atoms with Crippen LogP contribution in [0.3, 0.4) is 0 Å². The Bertz CT molecular complexity index is 625. The van der Waals surface area contributed by atoms with E-state index in [1.165, 1.54) is 4.90 Å². The zero-order valence-electron chi connectivity index (χ0n) is 11.9. The number of aliphatic carboxylic acids is 1. The van der Waals surface area contributed by atoms with Gasteiger partial charge >= 0.3 is 5.97 Å². The van der Waals surface area contributed by atoms with Crippen LogP contribution < -0.4 is 5.56 Å². The first-order valence-electron chi connectivity index (χ1n) is 6.58. The lowest BCUT2D eigenvalue weighted by molar-refractivity contribution is -0.139. The largest absolute Gasteiger partial charge is 0.481 e. The quantitative estimate of drug-likeness (QED) is 0.792. The summed E-state index contributed by atoms with van der Waals surface area (Å²) in [7, 11) is 0. The van der Waals surface area contributed by atoms with Gasteiger partial charge in [-0.05, 0) is 19.4 Å². The molecule has 2 heterocycles. The first kappa shape index (κ1) is 15.2. The number of amides is 1. The number of aryl methyl sites for hydroxylation is 1. The third-order valence-electron chi connectivity index (χ3n) is 3.58. The van der Waals surface area contributed by atoms with Crippen LogP contribution in [0.15, 0.2) is 4.79 Å². The summed E-state index contributed by atoms with van der Waals surface area (Å²) in [4.78, 5) is 36.8. The number of hydrogen-bond acceptors (Lipinski definition) is 5. The van der Waals surface area contributed by atoms with Crippen LogP contribution >= 0.6 is 0 Å². The third kappa shape index (κ3) is 3.10. The molecule has 1 unspecified atom stereocenters. The molecular formula is C13H17N3O5. The molecule has 1 aliphatic heterocycles. The van der Waals surface area contributed by atoms with E-state index in [4.69, 9.17) is 9.84 Å². The van der Waals surface area contributed by atoms with Crippen molar-refractivity contribution in [1.82, 2.24) is 15.1 Å². The summed E-state index contributed by atoms with van der Waals surface area (Å²) in [5.74, 6) is -1.49. The number of carbonyl (C=O) groups excluding carboxylic acids is 1. The maximum absolute atomic E-state index is 12.6. The average Bonchev–Trinajstić information content (AvgIpc) is 2.43. The Kier molecular flexibility index (Phi) is 4.37. The molecule has 21 heavy (non-hydrogen) atoms. The number of ether oxygens (including phenoxy) is 1. The first-order valence-corrected chi connectivity index (χ1v) is 6.58. The number of carbonyl (C=O) groups is 2. The number of nitrogens with zero attached hydrogens (tertiary/aromatic N) is 2. The fraction of sp³-hybridized carbons (Fsp3) is 0.538. The molecule has 0 bridgehead atoms. The van der Waals surface area contributed by atoms with Crippen molar-refractivity contribution in [3.8, 4) is 0 Å². The van der Waals surface area contributed by atoms with Gasteiger partial charge in [-0.3, -0.25) is 14.4 Å². The standard InChI is InChI=1S/C13H17N3O5/c1-7-8(2)14-15-12(19)11(7)13(20)16-3-4-21-6-9(16)5-10(17)18/h9H,3-6H2,1-2H3,(H,15,19)(H,17,18). The fourth-order valence-corrected chi connectivity index (χ4v) is 2.32. The average molecular weight is 295 g/mol. The molecule has 1 aromatic heterocycles. The van der Waals surface area contributed by atoms with Gasteiger partial charge in [0.05, 0.1) is 31.4 Å². The number of H-pyrrole nitrogens is 1. The minimum atomic E-state index is -1.01. The minimum Gasteiger partial charge on any atom is -0.481 e. The van der Waals surface area contributed by atoms with Gasteiger partial charge < -0.3 is 14.7 Å². The summed E-state index contributed by atoms with van der Waals surface area (Å²) < 4.78 is 5.23. The van der Waals surface area contributed by atoms with Crippen LogP contribution in [0.4, 0.5) is 0 Å². The predicted molar refractivity (Wildman–Crippen MR) is 72.2 cm³/mol. The number of rotatable bonds is 3. The molecule has 2 N–H and O–H groups in total. The van der Waals surface area contributed by atoms with Crippen LogP contribution in [-0.2, 0) is 9.53 Å². The van der Waals surface area contributed by atoms with Gasteiger partial charge in [0, 0.05) is 6.54 Å². The third-order valence-corrected chi connectivity index (χ3v) is 3.58. The molecule has 8 nitrogen and oxygen atoms in total. The number of morpholine rings is 1. The van der Waals surface area contributed by atoms with E-state index in [0.717, 1.165) is 0 Å². The summed E-state index contributed by atoms with van der Waals surface area (Å²) in [5, 5.41) is 15.0. The number of aromatic nitrogens is 2. The second kappa shape index (κ2) is 6.04. The Hall–Kier alpha value is -2.22. The molecule has 1 aromatic rings. The smallest absolute Gasteiger partial charge is 0.305 e. The summed E-state index contributed by atoms with van der Waals surface area (Å²) in [6.07, 6.45) is -0.216. The summed E-state index contributed by atoms with van der Waals surface area (Å²) in [5.41, 5.74) is 0.508. The normalized spacial score (nSPS) is 18.6. The van der Waals surface area contributed by atoms with Crippen LogP contribution in [0.1, 0.15) is 28.0 Å². The van der Waals surface area contributed by atoms with Crippen LogP contribution in [0.5, 0.6) is 0 Å². The fourth-order valence-electron chi connectivity index (χ4n) is 2.32. The highest BCUT2D eigenvalue weighted by Crippen LogP contribution is 2.16. The maximum atomic E-state index is 12.6. The Labute approximate surface area is 120 Å². The highest BCUT2D eigenvalue weighted by Gasteiger charge is 2.32. The van der Waals surface area contributed by atoms with Gasteiger partial charge in [0.25, 0.3) is 11.5 Å². The minimum absolute atomic E-state index is 0.0137. The van der Waals surface area contributed by atoms with E-state index in [-0.39, 0.29) is 25.1 Å². The Balaban J connectivity index is 2.35. The number of carboxylic acid groups (broad SMARTS) is 1. The molecule has 0 saturated carbocycles. The second-order valence-corrected chi connectivity index (χ2v) is 4.96. The second-order valence-electron chi connectivity index (χ2n) is 4.96. The Morgan fingerprint density at radius 3 is 2.86 bits per heavy atom. The molecule has 1 atom stereocenters. The van der Waals surface area contributed by atoms with E-state index >= 15 is 0 Å². The van der Waals surface area contributed by atoms with Crippen molar-refractivity contribution >= 4 is 11.9 Å². The van der Waals surface area contributed by atoms with Gasteiger partial charge in [-0.15, -0.1) is 0 Å². The van der Waals surface area contributed by atoms with Crippen molar-refractivity contribution in [3.63, 3.8) is 0 Å². The molecule has 1 aliphatic rings. The lowest BCUT2D eigenvalue weighted by atomic mass is 10.1. The molecule has 0 radical (unpaired) electrons. The van der Waals surface area contributed by atoms with Gasteiger partial charge in [0.1, 0.15) is 5.56 Å². The van der Waals surface area contributed by atoms with Crippen molar-refractivity contribution in [2.24, 2.45) is 0 Å². The zero-order valence-corrected chi connectivity index (χ0v) is 11.9. The summed E-state index contributed by atoms with van der Waals surface area (Å²) >= 11 is 0. The van der Waals surface area contributed by atoms with Gasteiger partial charge in [0.15, 0.2) is 0 Å². The lowest BCUT2D eigenvalue weighted by Gasteiger charge is -2.34. The lowest BCUT2D eigenvalue weighted by Crippen LogP contribution is -2.50. The number of carboxylic acids is 1. The van der Waals surface area contributed by atoms with Crippen molar-refractivity contribution in [2.75, 3.05) is 19.8 Å². The molecule has 8 heteroatoms. The number of nitrogens with one attached hydrogen (secondary N) is 1. The molecule has 2 rings (SSSR count). The molecule has 114 valence electrons. The topological polar surface area (TPSA) is 113 Å². The molecule has 0 aromatic carbocycles. The summed E-state index contributed by atoms with van der Waals surface area (Å²) in [6.45, 7) is 4.08. The van der Waals surface area contributed by atoms with E-state index in [2.05, 4.69) is 10.2 Å². The maximum Gasteiger partial charge on any atom is 0.305 e. The number of hydrogen-bond donors (Lipinski definition) is 2. The van der Waals surface area contributed by atoms with E-state index < -0.39 is 23.5 Å². The number of aromatic amines is 1. The van der Waals surface area contributed by atoms with Crippen molar-refractivity contribution < 1.29 is 19.4 Å². The van der Waals surface area contributed by atoms with Crippen molar-refractivity contribution in [1.29, 1.82) is 0 Å². The monoisotopic (exact) mass is 295 g/mol. The van der Waals surface area contributed by atoms with Crippen LogP contribution in [0.2, 0.25) is 0 Å². The Morgan fingerprint density at radius 1 is 1.48 bits per heavy atom. The predicted octanol–water partition coefficient (Wildman–Crippen LogP) is -0.298. The van der Waals surface area contributed by atoms with Gasteiger partial charge in [-0.25, -0.2) is 5.10 Å². The van der Waals surface area contributed by atoms with Gasteiger partial charge in [-0.2, -0.15) is 5.10 Å². The van der Waals surface area contributed by atoms with Crippen molar-refractivity contribution in [2.45, 2.75) is 26.3 Å². The van der Waals surface area contributed by atoms with Gasteiger partial charge in [-0.1, -0.05) is 0 Å². The molecule has 1 saturated heterocycles. The zero-order chi connectivity index (χ0) is 15.6. The van der Waals surface area contributed by atoms with E-state index in [9.17, 15) is 14.4 Å². The molecule has 1 amide bonds. The van der Waals surface area contributed by atoms with Crippen LogP contribution in [-0.4, -0.2) is 57.9 Å². The van der Waals surface area contributed by atoms with Crippen LogP contribution in [0.25, 0.3) is 0 Å². The SMILES string of the molecule is Cc1n[nH]c(=O)c(C(=O)N2CCOCC2CC(=O)O)c1C. The first-order chi connectivity index (χ1) is 9.91. The molecular weight excluding hydrogens is 278 g/mol. The van der Waals surface area contributed by atoms with Crippen molar-refractivity contribution in [3.05, 3.63) is 27.2 Å². The van der Waals surface area contributed by atoms with E-state index in [1.54, 1.807) is 13.8 Å². The Morgan fingerprint density at radius 2 is 2.19 bits per heavy atom. The summed E-state index contributed by atoms with van der Waals surface area (Å²) in [6, 6.07) is -0.573. The van der Waals surface area contributed by atoms with E-state index in [0.29, 0.717) is 17.9 Å². The molecule has 0 spiro atoms. The van der Waals surface area contributed by atoms with Gasteiger partial charge in [0.2, 0.25) is 0 Å². The van der Waals surface area contributed by atoms with E-state index in [1.807, 2.05) is 0 Å². The van der Waals surface area contributed by atoms with Crippen LogP contribution in [0, 0.1) is 13.8 Å². The molecule has 1 fully saturated rings. The molecule has 0 aliphatic carbocycles.